The summed E-state index contributed by atoms with van der Waals surface area (Å²) in [5, 5.41) is 8.05. The summed E-state index contributed by atoms with van der Waals surface area (Å²) in [5.74, 6) is -1.65. The van der Waals surface area contributed by atoms with Crippen LogP contribution in [0, 0.1) is 0 Å². The predicted molar refractivity (Wildman–Crippen MR) is 55.3 cm³/mol. The van der Waals surface area contributed by atoms with Crippen LogP contribution in [0.3, 0.4) is 0 Å². The van der Waals surface area contributed by atoms with Crippen molar-refractivity contribution in [1.29, 1.82) is 0 Å². The number of aliphatic carboxylic acids is 1. The Bertz CT molecular complexity index is 411. The van der Waals surface area contributed by atoms with Crippen molar-refractivity contribution in [3.8, 4) is 0 Å². The summed E-state index contributed by atoms with van der Waals surface area (Å²) in [5.41, 5.74) is -0.937. The number of rotatable bonds is 3. The molecule has 3 nitrogen and oxygen atoms in total. The molecule has 0 amide bonds. The molecule has 1 heterocycles. The Kier molecular flexibility index (Phi) is 4.20. The summed E-state index contributed by atoms with van der Waals surface area (Å²) in [4.78, 5) is 13.8. The summed E-state index contributed by atoms with van der Waals surface area (Å²) in [6, 6.07) is 0.872. The molecule has 16 heavy (non-hydrogen) atoms. The minimum atomic E-state index is -4.54. The number of aromatic nitrogens is 1. The van der Waals surface area contributed by atoms with Crippen LogP contribution in [-0.2, 0) is 11.0 Å². The molecule has 0 spiro atoms. The third-order valence-electron chi connectivity index (χ3n) is 1.46. The van der Waals surface area contributed by atoms with Gasteiger partial charge in [-0.3, -0.25) is 4.79 Å². The highest BCUT2D eigenvalue weighted by Gasteiger charge is 2.34. The zero-order chi connectivity index (χ0) is 12.3. The van der Waals surface area contributed by atoms with Gasteiger partial charge in [-0.05, 0) is 22.0 Å². The number of carbonyl (C=O) groups is 1. The van der Waals surface area contributed by atoms with Crippen molar-refractivity contribution < 1.29 is 23.1 Å². The summed E-state index contributed by atoms with van der Waals surface area (Å²) in [6.07, 6.45) is -3.35. The van der Waals surface area contributed by atoms with Gasteiger partial charge in [0.15, 0.2) is 0 Å². The topological polar surface area (TPSA) is 50.2 Å². The molecule has 0 aliphatic heterocycles. The Morgan fingerprint density at radius 1 is 1.56 bits per heavy atom. The zero-order valence-electron chi connectivity index (χ0n) is 7.58. The van der Waals surface area contributed by atoms with E-state index in [2.05, 4.69) is 20.9 Å². The summed E-state index contributed by atoms with van der Waals surface area (Å²) < 4.78 is 37.8. The van der Waals surface area contributed by atoms with Crippen LogP contribution in [0.5, 0.6) is 0 Å². The van der Waals surface area contributed by atoms with Crippen LogP contribution >= 0.6 is 27.7 Å². The lowest BCUT2D eigenvalue weighted by Crippen LogP contribution is -2.09. The predicted octanol–water partition coefficient (Wildman–Crippen LogP) is 3.04. The molecule has 0 bridgehead atoms. The molecule has 1 rings (SSSR count). The van der Waals surface area contributed by atoms with Gasteiger partial charge in [0.25, 0.3) is 0 Å². The van der Waals surface area contributed by atoms with Crippen molar-refractivity contribution in [3.05, 3.63) is 22.3 Å². The lowest BCUT2D eigenvalue weighted by atomic mass is 10.3. The Hall–Kier alpha value is -0.760. The van der Waals surface area contributed by atoms with Crippen LogP contribution in [0.15, 0.2) is 21.8 Å². The van der Waals surface area contributed by atoms with Gasteiger partial charge >= 0.3 is 12.1 Å². The van der Waals surface area contributed by atoms with Crippen molar-refractivity contribution in [2.24, 2.45) is 0 Å². The van der Waals surface area contributed by atoms with Crippen molar-refractivity contribution in [1.82, 2.24) is 4.98 Å². The number of alkyl halides is 3. The minimum absolute atomic E-state index is 0.194. The van der Waals surface area contributed by atoms with E-state index in [9.17, 15) is 18.0 Å². The van der Waals surface area contributed by atoms with E-state index in [1.807, 2.05) is 0 Å². The van der Waals surface area contributed by atoms with Crippen molar-refractivity contribution in [3.63, 3.8) is 0 Å². The molecule has 88 valence electrons. The van der Waals surface area contributed by atoms with Crippen LogP contribution in [0.4, 0.5) is 13.2 Å². The smallest absolute Gasteiger partial charge is 0.419 e. The molecule has 8 heteroatoms. The lowest BCUT2D eigenvalue weighted by molar-refractivity contribution is -0.140. The standard InChI is InChI=1S/C8H5BrF3NO2S/c9-4-1-5(8(10,11)12)7(13-2-4)16-3-6(14)15/h1-2H,3H2,(H,14,15). The molecule has 1 N–H and O–H groups in total. The van der Waals surface area contributed by atoms with Gasteiger partial charge in [0.2, 0.25) is 0 Å². The average molecular weight is 316 g/mol. The normalized spacial score (nSPS) is 11.5. The van der Waals surface area contributed by atoms with Crippen LogP contribution < -0.4 is 0 Å². The first-order valence-corrected chi connectivity index (χ1v) is 5.66. The maximum absolute atomic E-state index is 12.5. The van der Waals surface area contributed by atoms with E-state index in [4.69, 9.17) is 5.11 Å². The van der Waals surface area contributed by atoms with E-state index < -0.39 is 23.5 Å². The number of carboxylic acid groups (broad SMARTS) is 1. The van der Waals surface area contributed by atoms with Gasteiger partial charge in [-0.15, -0.1) is 0 Å². The Morgan fingerprint density at radius 3 is 2.69 bits per heavy atom. The third kappa shape index (κ3) is 3.67. The molecular weight excluding hydrogens is 311 g/mol. The first-order chi connectivity index (χ1) is 7.30. The Balaban J connectivity index is 3.03. The van der Waals surface area contributed by atoms with Gasteiger partial charge in [-0.2, -0.15) is 13.2 Å². The van der Waals surface area contributed by atoms with Crippen LogP contribution in [0.1, 0.15) is 5.56 Å². The highest BCUT2D eigenvalue weighted by Crippen LogP contribution is 2.36. The van der Waals surface area contributed by atoms with Gasteiger partial charge in [-0.1, -0.05) is 11.8 Å². The molecule has 0 unspecified atom stereocenters. The van der Waals surface area contributed by atoms with E-state index in [0.29, 0.717) is 11.8 Å². The molecule has 0 aliphatic rings. The molecule has 0 aromatic carbocycles. The largest absolute Gasteiger partial charge is 0.481 e. The quantitative estimate of drug-likeness (QED) is 0.871. The number of thioether (sulfide) groups is 1. The first-order valence-electron chi connectivity index (χ1n) is 3.88. The van der Waals surface area contributed by atoms with Crippen LogP contribution in [0.2, 0.25) is 0 Å². The van der Waals surface area contributed by atoms with Crippen LogP contribution in [-0.4, -0.2) is 21.8 Å². The monoisotopic (exact) mass is 315 g/mol. The molecule has 0 atom stereocenters. The number of hydrogen-bond acceptors (Lipinski definition) is 3. The Morgan fingerprint density at radius 2 is 2.19 bits per heavy atom. The third-order valence-corrected chi connectivity index (χ3v) is 2.88. The summed E-state index contributed by atoms with van der Waals surface area (Å²) in [6.45, 7) is 0. The highest BCUT2D eigenvalue weighted by atomic mass is 79.9. The van der Waals surface area contributed by atoms with E-state index in [-0.39, 0.29) is 9.50 Å². The van der Waals surface area contributed by atoms with Crippen molar-refractivity contribution in [2.75, 3.05) is 5.75 Å². The number of pyridine rings is 1. The highest BCUT2D eigenvalue weighted by molar-refractivity contribution is 9.10. The molecule has 1 aromatic rings. The van der Waals surface area contributed by atoms with E-state index in [0.717, 1.165) is 6.07 Å². The molecule has 0 radical (unpaired) electrons. The van der Waals surface area contributed by atoms with Gasteiger partial charge in [0, 0.05) is 10.7 Å². The van der Waals surface area contributed by atoms with E-state index in [1.165, 1.54) is 6.20 Å². The summed E-state index contributed by atoms with van der Waals surface area (Å²) >= 11 is 3.42. The summed E-state index contributed by atoms with van der Waals surface area (Å²) in [7, 11) is 0. The average Bonchev–Trinajstić information content (AvgIpc) is 2.14. The second-order valence-electron chi connectivity index (χ2n) is 2.69. The maximum atomic E-state index is 12.5. The maximum Gasteiger partial charge on any atom is 0.419 e. The minimum Gasteiger partial charge on any atom is -0.481 e. The number of halogens is 4. The van der Waals surface area contributed by atoms with Crippen molar-refractivity contribution in [2.45, 2.75) is 11.2 Å². The molecule has 0 fully saturated rings. The van der Waals surface area contributed by atoms with E-state index in [1.54, 1.807) is 0 Å². The van der Waals surface area contributed by atoms with Gasteiger partial charge < -0.3 is 5.11 Å². The molecular formula is C8H5BrF3NO2S. The van der Waals surface area contributed by atoms with Gasteiger partial charge in [0.1, 0.15) is 5.03 Å². The second-order valence-corrected chi connectivity index (χ2v) is 4.57. The number of hydrogen-bond donors (Lipinski definition) is 1. The van der Waals surface area contributed by atoms with Gasteiger partial charge in [0.05, 0.1) is 11.3 Å². The molecule has 0 aliphatic carbocycles. The number of carboxylic acids is 1. The SMILES string of the molecule is O=C(O)CSc1ncc(Br)cc1C(F)(F)F. The van der Waals surface area contributed by atoms with Crippen molar-refractivity contribution >= 4 is 33.7 Å². The number of nitrogens with zero attached hydrogens (tertiary/aromatic N) is 1. The zero-order valence-corrected chi connectivity index (χ0v) is 9.99. The fraction of sp³-hybridized carbons (Fsp3) is 0.250. The fourth-order valence-corrected chi connectivity index (χ4v) is 1.92. The van der Waals surface area contributed by atoms with E-state index >= 15 is 0 Å². The molecule has 0 saturated heterocycles. The van der Waals surface area contributed by atoms with Crippen LogP contribution in [0.25, 0.3) is 0 Å². The molecule has 0 saturated carbocycles. The molecule has 1 aromatic heterocycles. The van der Waals surface area contributed by atoms with Gasteiger partial charge in [-0.25, -0.2) is 4.98 Å². The fourth-order valence-electron chi connectivity index (χ4n) is 0.875. The Labute approximate surface area is 101 Å². The second kappa shape index (κ2) is 5.05. The first kappa shape index (κ1) is 13.3. The lowest BCUT2D eigenvalue weighted by Gasteiger charge is -2.10.